The van der Waals surface area contributed by atoms with Crippen molar-refractivity contribution in [2.75, 3.05) is 31.9 Å². The number of carbonyl (C=O) groups is 1. The van der Waals surface area contributed by atoms with Crippen molar-refractivity contribution in [1.29, 1.82) is 0 Å². The van der Waals surface area contributed by atoms with E-state index in [1.807, 2.05) is 0 Å². The van der Waals surface area contributed by atoms with Crippen LogP contribution in [-0.2, 0) is 0 Å². The average molecular weight is 251 g/mol. The maximum Gasteiger partial charge on any atom is 0.269 e. The Labute approximate surface area is 107 Å². The Morgan fingerprint density at radius 3 is 2.72 bits per heavy atom. The molecule has 1 aromatic rings. The van der Waals surface area contributed by atoms with E-state index in [2.05, 4.69) is 20.4 Å². The van der Waals surface area contributed by atoms with Crippen LogP contribution in [-0.4, -0.2) is 47.2 Å². The molecule has 6 nitrogen and oxygen atoms in total. The molecule has 0 aromatic carbocycles. The lowest BCUT2D eigenvalue weighted by atomic mass is 10.2. The van der Waals surface area contributed by atoms with E-state index in [0.717, 1.165) is 19.6 Å². The number of nitrogens with one attached hydrogen (secondary N) is 2. The summed E-state index contributed by atoms with van der Waals surface area (Å²) in [7, 11) is 0. The summed E-state index contributed by atoms with van der Waals surface area (Å²) < 4.78 is 0. The van der Waals surface area contributed by atoms with Crippen molar-refractivity contribution < 1.29 is 4.79 Å². The number of nitrogens with two attached hydrogens (primary N) is 1. The number of nitrogens with zero attached hydrogens (tertiary/aromatic N) is 2. The Hall–Kier alpha value is -1.56. The summed E-state index contributed by atoms with van der Waals surface area (Å²) in [5.41, 5.74) is 5.87. The van der Waals surface area contributed by atoms with E-state index < -0.39 is 0 Å². The second-order valence-corrected chi connectivity index (χ2v) is 4.72. The van der Waals surface area contributed by atoms with Crippen molar-refractivity contribution in [1.82, 2.24) is 20.4 Å². The molecule has 0 saturated carbocycles. The van der Waals surface area contributed by atoms with Crippen molar-refractivity contribution in [3.63, 3.8) is 0 Å². The SMILES string of the molecule is Nc1cc(C(=O)NCCN2CCCCCC2)[nH]n1. The summed E-state index contributed by atoms with van der Waals surface area (Å²) in [5, 5.41) is 9.21. The number of nitrogen functional groups attached to an aromatic ring is 1. The van der Waals surface area contributed by atoms with Crippen LogP contribution in [0.3, 0.4) is 0 Å². The molecule has 0 bridgehead atoms. The van der Waals surface area contributed by atoms with Crippen molar-refractivity contribution in [3.05, 3.63) is 11.8 Å². The molecular formula is C12H21N5O. The first-order valence-electron chi connectivity index (χ1n) is 6.57. The van der Waals surface area contributed by atoms with E-state index in [4.69, 9.17) is 5.73 Å². The van der Waals surface area contributed by atoms with Crippen LogP contribution < -0.4 is 11.1 Å². The highest BCUT2D eigenvalue weighted by atomic mass is 16.1. The zero-order valence-electron chi connectivity index (χ0n) is 10.6. The summed E-state index contributed by atoms with van der Waals surface area (Å²) in [5.74, 6) is 0.196. The molecular weight excluding hydrogens is 230 g/mol. The van der Waals surface area contributed by atoms with E-state index in [0.29, 0.717) is 18.1 Å². The van der Waals surface area contributed by atoms with Crippen LogP contribution >= 0.6 is 0 Å². The number of anilines is 1. The second-order valence-electron chi connectivity index (χ2n) is 4.72. The van der Waals surface area contributed by atoms with Crippen molar-refractivity contribution >= 4 is 11.7 Å². The van der Waals surface area contributed by atoms with Gasteiger partial charge >= 0.3 is 0 Å². The number of carbonyl (C=O) groups excluding carboxylic acids is 1. The minimum absolute atomic E-state index is 0.144. The second kappa shape index (κ2) is 6.39. The topological polar surface area (TPSA) is 87.0 Å². The molecule has 0 aliphatic carbocycles. The number of likely N-dealkylation sites (tertiary alicyclic amines) is 1. The van der Waals surface area contributed by atoms with Crippen LogP contribution in [0.2, 0.25) is 0 Å². The van der Waals surface area contributed by atoms with Gasteiger partial charge in [-0.25, -0.2) is 0 Å². The van der Waals surface area contributed by atoms with Crippen LogP contribution in [0.25, 0.3) is 0 Å². The number of aromatic amines is 1. The van der Waals surface area contributed by atoms with E-state index in [9.17, 15) is 4.79 Å². The molecule has 18 heavy (non-hydrogen) atoms. The van der Waals surface area contributed by atoms with Crippen molar-refractivity contribution in [2.45, 2.75) is 25.7 Å². The molecule has 4 N–H and O–H groups in total. The quantitative estimate of drug-likeness (QED) is 0.731. The number of amides is 1. The van der Waals surface area contributed by atoms with Crippen molar-refractivity contribution in [2.24, 2.45) is 0 Å². The van der Waals surface area contributed by atoms with Crippen LogP contribution in [0.1, 0.15) is 36.2 Å². The number of rotatable bonds is 4. The van der Waals surface area contributed by atoms with Crippen LogP contribution in [0.5, 0.6) is 0 Å². The molecule has 0 unspecified atom stereocenters. The third kappa shape index (κ3) is 3.73. The minimum Gasteiger partial charge on any atom is -0.382 e. The average Bonchev–Trinajstić information content (AvgIpc) is 2.63. The normalized spacial score (nSPS) is 17.3. The zero-order chi connectivity index (χ0) is 12.8. The zero-order valence-corrected chi connectivity index (χ0v) is 10.6. The molecule has 1 fully saturated rings. The molecule has 1 aliphatic heterocycles. The smallest absolute Gasteiger partial charge is 0.269 e. The van der Waals surface area contributed by atoms with Gasteiger partial charge in [0.1, 0.15) is 11.5 Å². The highest BCUT2D eigenvalue weighted by molar-refractivity contribution is 5.92. The number of aromatic nitrogens is 2. The lowest BCUT2D eigenvalue weighted by Crippen LogP contribution is -2.35. The summed E-state index contributed by atoms with van der Waals surface area (Å²) in [6, 6.07) is 1.54. The van der Waals surface area contributed by atoms with Crippen LogP contribution in [0, 0.1) is 0 Å². The Morgan fingerprint density at radius 1 is 1.39 bits per heavy atom. The summed E-state index contributed by atoms with van der Waals surface area (Å²) in [4.78, 5) is 14.1. The fraction of sp³-hybridized carbons (Fsp3) is 0.667. The van der Waals surface area contributed by atoms with Gasteiger partial charge < -0.3 is 16.0 Å². The van der Waals surface area contributed by atoms with E-state index >= 15 is 0 Å². The van der Waals surface area contributed by atoms with Gasteiger partial charge in [0.05, 0.1) is 0 Å². The summed E-state index contributed by atoms with van der Waals surface area (Å²) in [6.45, 7) is 3.87. The highest BCUT2D eigenvalue weighted by Crippen LogP contribution is 2.08. The highest BCUT2D eigenvalue weighted by Gasteiger charge is 2.11. The Bertz CT molecular complexity index is 382. The van der Waals surface area contributed by atoms with E-state index in [1.165, 1.54) is 25.7 Å². The molecule has 100 valence electrons. The largest absolute Gasteiger partial charge is 0.382 e. The van der Waals surface area contributed by atoms with Gasteiger partial charge in [0.2, 0.25) is 0 Å². The first-order valence-corrected chi connectivity index (χ1v) is 6.57. The minimum atomic E-state index is -0.144. The lowest BCUT2D eigenvalue weighted by molar-refractivity contribution is 0.0943. The first-order chi connectivity index (χ1) is 8.75. The Kier molecular flexibility index (Phi) is 4.58. The Balaban J connectivity index is 1.69. The predicted molar refractivity (Wildman–Crippen MR) is 70.2 cm³/mol. The number of hydrogen-bond donors (Lipinski definition) is 3. The molecule has 2 rings (SSSR count). The third-order valence-corrected chi connectivity index (χ3v) is 3.25. The molecule has 0 spiro atoms. The van der Waals surface area contributed by atoms with Crippen LogP contribution in [0.15, 0.2) is 6.07 Å². The number of hydrogen-bond acceptors (Lipinski definition) is 4. The van der Waals surface area contributed by atoms with Gasteiger partial charge in [0.25, 0.3) is 5.91 Å². The Morgan fingerprint density at radius 2 is 2.11 bits per heavy atom. The van der Waals surface area contributed by atoms with Gasteiger partial charge in [0.15, 0.2) is 0 Å². The lowest BCUT2D eigenvalue weighted by Gasteiger charge is -2.19. The van der Waals surface area contributed by atoms with Gasteiger partial charge in [-0.15, -0.1) is 0 Å². The van der Waals surface area contributed by atoms with Gasteiger partial charge in [-0.2, -0.15) is 5.10 Å². The summed E-state index contributed by atoms with van der Waals surface area (Å²) in [6.07, 6.45) is 5.20. The van der Waals surface area contributed by atoms with Gasteiger partial charge in [-0.1, -0.05) is 12.8 Å². The van der Waals surface area contributed by atoms with E-state index in [-0.39, 0.29) is 5.91 Å². The third-order valence-electron chi connectivity index (χ3n) is 3.25. The molecule has 6 heteroatoms. The number of H-pyrrole nitrogens is 1. The van der Waals surface area contributed by atoms with Gasteiger partial charge in [-0.3, -0.25) is 9.89 Å². The predicted octanol–water partition coefficient (Wildman–Crippen LogP) is 0.598. The fourth-order valence-electron chi connectivity index (χ4n) is 2.24. The standard InChI is InChI=1S/C12H21N5O/c13-11-9-10(15-16-11)12(18)14-5-8-17-6-3-1-2-4-7-17/h9H,1-8H2,(H,14,18)(H3,13,15,16). The molecule has 0 atom stereocenters. The monoisotopic (exact) mass is 251 g/mol. The van der Waals surface area contributed by atoms with E-state index in [1.54, 1.807) is 6.07 Å². The maximum absolute atomic E-state index is 11.7. The molecule has 0 radical (unpaired) electrons. The summed E-state index contributed by atoms with van der Waals surface area (Å²) >= 11 is 0. The molecule has 1 aliphatic rings. The molecule has 1 aromatic heterocycles. The molecule has 1 saturated heterocycles. The van der Waals surface area contributed by atoms with Crippen molar-refractivity contribution in [3.8, 4) is 0 Å². The van der Waals surface area contributed by atoms with Gasteiger partial charge in [0, 0.05) is 19.2 Å². The van der Waals surface area contributed by atoms with Gasteiger partial charge in [-0.05, 0) is 25.9 Å². The molecule has 1 amide bonds. The first kappa shape index (κ1) is 12.9. The van der Waals surface area contributed by atoms with Crippen LogP contribution in [0.4, 0.5) is 5.82 Å². The molecule has 2 heterocycles. The maximum atomic E-state index is 11.7. The fourth-order valence-corrected chi connectivity index (χ4v) is 2.24.